The number of nitrogens with one attached hydrogen (secondary N) is 1. The summed E-state index contributed by atoms with van der Waals surface area (Å²) in [7, 11) is 4.38. The summed E-state index contributed by atoms with van der Waals surface area (Å²) in [5.74, 6) is 1.11. The second-order valence-electron chi connectivity index (χ2n) is 5.56. The Morgan fingerprint density at radius 2 is 2.15 bits per heavy atom. The third-order valence-corrected chi connectivity index (χ3v) is 4.48. The number of halogens is 1. The summed E-state index contributed by atoms with van der Waals surface area (Å²) < 4.78 is 1.05. The zero-order valence-electron chi connectivity index (χ0n) is 12.7. The third-order valence-electron chi connectivity index (χ3n) is 4.04. The molecule has 1 N–H and O–H groups in total. The molecule has 1 fully saturated rings. The number of likely N-dealkylation sites (tertiary alicyclic amines) is 1. The van der Waals surface area contributed by atoms with Gasteiger partial charge in [0.25, 0.3) is 0 Å². The van der Waals surface area contributed by atoms with Crippen molar-refractivity contribution in [2.24, 2.45) is 0 Å². The van der Waals surface area contributed by atoms with Crippen molar-refractivity contribution in [3.8, 4) is 0 Å². The average molecular weight is 341 g/mol. The zero-order chi connectivity index (χ0) is 14.5. The topological polar surface area (TPSA) is 31.4 Å². The van der Waals surface area contributed by atoms with Crippen LogP contribution in [0.2, 0.25) is 0 Å². The molecule has 0 unspecified atom stereocenters. The molecule has 2 rings (SSSR count). The van der Waals surface area contributed by atoms with Crippen LogP contribution in [0.5, 0.6) is 0 Å². The van der Waals surface area contributed by atoms with Gasteiger partial charge in [-0.15, -0.1) is 0 Å². The van der Waals surface area contributed by atoms with E-state index in [0.29, 0.717) is 6.04 Å². The molecule has 0 bridgehead atoms. The normalized spacial score (nSPS) is 17.4. The number of pyridine rings is 1. The van der Waals surface area contributed by atoms with Crippen LogP contribution in [0.4, 0.5) is 5.82 Å². The fraction of sp³-hybridized carbons (Fsp3) is 0.667. The molecule has 5 heteroatoms. The molecule has 1 aromatic rings. The van der Waals surface area contributed by atoms with Gasteiger partial charge in [-0.05, 0) is 61.5 Å². The quantitative estimate of drug-likeness (QED) is 0.892. The van der Waals surface area contributed by atoms with Gasteiger partial charge in [-0.1, -0.05) is 6.92 Å². The van der Waals surface area contributed by atoms with E-state index in [2.05, 4.69) is 63.1 Å². The van der Waals surface area contributed by atoms with Crippen LogP contribution in [-0.2, 0) is 6.54 Å². The lowest BCUT2D eigenvalue weighted by atomic mass is 10.0. The van der Waals surface area contributed by atoms with Crippen molar-refractivity contribution in [1.82, 2.24) is 15.2 Å². The van der Waals surface area contributed by atoms with Crippen LogP contribution in [0, 0.1) is 0 Å². The Morgan fingerprint density at radius 3 is 2.80 bits per heavy atom. The summed E-state index contributed by atoms with van der Waals surface area (Å²) in [6, 6.07) is 2.77. The van der Waals surface area contributed by atoms with Crippen LogP contribution in [0.15, 0.2) is 16.7 Å². The first-order valence-electron chi connectivity index (χ1n) is 7.38. The lowest BCUT2D eigenvalue weighted by Gasteiger charge is -2.36. The second kappa shape index (κ2) is 7.38. The number of aromatic nitrogens is 1. The molecule has 2 heterocycles. The first-order chi connectivity index (χ1) is 9.61. The highest BCUT2D eigenvalue weighted by molar-refractivity contribution is 9.10. The summed E-state index contributed by atoms with van der Waals surface area (Å²) >= 11 is 3.53. The van der Waals surface area contributed by atoms with Gasteiger partial charge in [-0.25, -0.2) is 4.98 Å². The van der Waals surface area contributed by atoms with Crippen LogP contribution in [0.3, 0.4) is 0 Å². The minimum absolute atomic E-state index is 0.597. The minimum Gasteiger partial charge on any atom is -0.356 e. The number of nitrogens with zero attached hydrogens (tertiary/aromatic N) is 3. The van der Waals surface area contributed by atoms with Crippen molar-refractivity contribution in [2.75, 3.05) is 38.6 Å². The Balaban J connectivity index is 2.13. The SMILES string of the molecule is CCNCc1cc(Br)cnc1N(C)C1CCN(C)CC1. The van der Waals surface area contributed by atoms with E-state index >= 15 is 0 Å². The van der Waals surface area contributed by atoms with Crippen molar-refractivity contribution >= 4 is 21.7 Å². The van der Waals surface area contributed by atoms with E-state index in [1.165, 1.54) is 31.5 Å². The highest BCUT2D eigenvalue weighted by Crippen LogP contribution is 2.25. The average Bonchev–Trinajstić information content (AvgIpc) is 2.45. The van der Waals surface area contributed by atoms with E-state index < -0.39 is 0 Å². The third kappa shape index (κ3) is 3.93. The Morgan fingerprint density at radius 1 is 1.45 bits per heavy atom. The van der Waals surface area contributed by atoms with Crippen LogP contribution >= 0.6 is 15.9 Å². The molecule has 4 nitrogen and oxygen atoms in total. The van der Waals surface area contributed by atoms with E-state index in [1.807, 2.05) is 6.20 Å². The predicted octanol–water partition coefficient (Wildman–Crippen LogP) is 2.48. The number of rotatable bonds is 5. The predicted molar refractivity (Wildman–Crippen MR) is 88.2 cm³/mol. The van der Waals surface area contributed by atoms with Gasteiger partial charge in [0.05, 0.1) is 0 Å². The second-order valence-corrected chi connectivity index (χ2v) is 6.48. The number of anilines is 1. The summed E-state index contributed by atoms with van der Waals surface area (Å²) in [5.41, 5.74) is 1.27. The number of piperidine rings is 1. The Bertz CT molecular complexity index is 430. The monoisotopic (exact) mass is 340 g/mol. The summed E-state index contributed by atoms with van der Waals surface area (Å²) in [6.07, 6.45) is 4.33. The van der Waals surface area contributed by atoms with E-state index in [1.54, 1.807) is 0 Å². The minimum atomic E-state index is 0.597. The Labute approximate surface area is 130 Å². The molecule has 1 aliphatic rings. The molecule has 0 saturated carbocycles. The van der Waals surface area contributed by atoms with Gasteiger partial charge in [0.15, 0.2) is 0 Å². The van der Waals surface area contributed by atoms with Crippen molar-refractivity contribution in [3.05, 3.63) is 22.3 Å². The van der Waals surface area contributed by atoms with Crippen LogP contribution in [0.1, 0.15) is 25.3 Å². The molecule has 1 saturated heterocycles. The lowest BCUT2D eigenvalue weighted by Crippen LogP contribution is -2.42. The standard InChI is InChI=1S/C15H25BrN4/c1-4-17-10-12-9-13(16)11-18-15(12)20(3)14-5-7-19(2)8-6-14/h9,11,14,17H,4-8,10H2,1-3H3. The molecule has 0 atom stereocenters. The van der Waals surface area contributed by atoms with Crippen LogP contribution in [-0.4, -0.2) is 49.7 Å². The summed E-state index contributed by atoms with van der Waals surface area (Å²) in [5, 5.41) is 3.40. The fourth-order valence-corrected chi connectivity index (χ4v) is 3.12. The van der Waals surface area contributed by atoms with Crippen LogP contribution in [0.25, 0.3) is 0 Å². The van der Waals surface area contributed by atoms with Gasteiger partial charge in [-0.3, -0.25) is 0 Å². The van der Waals surface area contributed by atoms with E-state index in [4.69, 9.17) is 0 Å². The molecule has 1 aliphatic heterocycles. The first kappa shape index (κ1) is 15.7. The first-order valence-corrected chi connectivity index (χ1v) is 8.17. The molecule has 0 amide bonds. The summed E-state index contributed by atoms with van der Waals surface area (Å²) in [6.45, 7) is 6.33. The largest absolute Gasteiger partial charge is 0.356 e. The highest BCUT2D eigenvalue weighted by Gasteiger charge is 2.23. The smallest absolute Gasteiger partial charge is 0.133 e. The van der Waals surface area contributed by atoms with Gasteiger partial charge < -0.3 is 15.1 Å². The van der Waals surface area contributed by atoms with Crippen LogP contribution < -0.4 is 10.2 Å². The van der Waals surface area contributed by atoms with Gasteiger partial charge in [0.2, 0.25) is 0 Å². The van der Waals surface area contributed by atoms with Crippen molar-refractivity contribution in [1.29, 1.82) is 0 Å². The molecule has 0 aromatic carbocycles. The maximum absolute atomic E-state index is 4.65. The lowest BCUT2D eigenvalue weighted by molar-refractivity contribution is 0.252. The summed E-state index contributed by atoms with van der Waals surface area (Å²) in [4.78, 5) is 9.42. The fourth-order valence-electron chi connectivity index (χ4n) is 2.74. The van der Waals surface area contributed by atoms with E-state index in [-0.39, 0.29) is 0 Å². The zero-order valence-corrected chi connectivity index (χ0v) is 14.3. The molecular formula is C15H25BrN4. The molecule has 112 valence electrons. The molecule has 0 radical (unpaired) electrons. The van der Waals surface area contributed by atoms with Gasteiger partial charge in [0, 0.05) is 35.9 Å². The Hall–Kier alpha value is -0.650. The van der Waals surface area contributed by atoms with E-state index in [0.717, 1.165) is 23.4 Å². The number of hydrogen-bond acceptors (Lipinski definition) is 4. The molecule has 1 aromatic heterocycles. The number of hydrogen-bond donors (Lipinski definition) is 1. The maximum Gasteiger partial charge on any atom is 0.133 e. The molecular weight excluding hydrogens is 316 g/mol. The molecule has 20 heavy (non-hydrogen) atoms. The van der Waals surface area contributed by atoms with E-state index in [9.17, 15) is 0 Å². The maximum atomic E-state index is 4.65. The van der Waals surface area contributed by atoms with Crippen molar-refractivity contribution in [2.45, 2.75) is 32.4 Å². The van der Waals surface area contributed by atoms with Gasteiger partial charge in [0.1, 0.15) is 5.82 Å². The highest BCUT2D eigenvalue weighted by atomic mass is 79.9. The van der Waals surface area contributed by atoms with Gasteiger partial charge in [-0.2, -0.15) is 0 Å². The Kier molecular flexibility index (Phi) is 5.81. The van der Waals surface area contributed by atoms with Gasteiger partial charge >= 0.3 is 0 Å². The molecule has 0 spiro atoms. The van der Waals surface area contributed by atoms with Crippen molar-refractivity contribution in [3.63, 3.8) is 0 Å². The van der Waals surface area contributed by atoms with Crippen molar-refractivity contribution < 1.29 is 0 Å². The molecule has 0 aliphatic carbocycles.